The van der Waals surface area contributed by atoms with Crippen LogP contribution in [0.25, 0.3) is 11.2 Å². The van der Waals surface area contributed by atoms with Crippen LogP contribution in [0.5, 0.6) is 0 Å². The lowest BCUT2D eigenvalue weighted by molar-refractivity contribution is -0.120. The number of nitrogens with two attached hydrogens (primary N) is 1. The Labute approximate surface area is 153 Å². The first kappa shape index (κ1) is 18.5. The fraction of sp³-hybridized carbons (Fsp3) is 0.643. The van der Waals surface area contributed by atoms with Crippen LogP contribution in [0.15, 0.2) is 11.1 Å². The third-order valence-electron chi connectivity index (χ3n) is 5.09. The molecule has 2 aliphatic heterocycles. The third kappa shape index (κ3) is 2.89. The van der Waals surface area contributed by atoms with Crippen LogP contribution in [0.3, 0.4) is 0 Å². The van der Waals surface area contributed by atoms with E-state index >= 15 is 0 Å². The molecule has 0 aromatic carbocycles. The maximum atomic E-state index is 12.0. The van der Waals surface area contributed by atoms with E-state index in [9.17, 15) is 14.3 Å². The Balaban J connectivity index is 1.79. The molecule has 27 heavy (non-hydrogen) atoms. The maximum absolute atomic E-state index is 12.0. The molecule has 2 aliphatic rings. The highest BCUT2D eigenvalue weighted by Crippen LogP contribution is 2.54. The summed E-state index contributed by atoms with van der Waals surface area (Å²) in [6.45, 7) is 2.28. The molecule has 12 nitrogen and oxygen atoms in total. The summed E-state index contributed by atoms with van der Waals surface area (Å²) in [5.41, 5.74) is 4.64. The van der Waals surface area contributed by atoms with Gasteiger partial charge in [-0.15, -0.1) is 0 Å². The second-order valence-corrected chi connectivity index (χ2v) is 7.98. The Morgan fingerprint density at radius 3 is 3.07 bits per heavy atom. The monoisotopic (exact) mass is 401 g/mol. The minimum absolute atomic E-state index is 0.0617. The van der Waals surface area contributed by atoms with Gasteiger partial charge in [-0.1, -0.05) is 6.92 Å². The van der Waals surface area contributed by atoms with Gasteiger partial charge in [0.25, 0.3) is 5.56 Å². The fourth-order valence-electron chi connectivity index (χ4n) is 3.71. The Kier molecular flexibility index (Phi) is 4.37. The van der Waals surface area contributed by atoms with E-state index < -0.39 is 37.4 Å². The largest absolute Gasteiger partial charge is 0.472 e. The summed E-state index contributed by atoms with van der Waals surface area (Å²) >= 11 is 0. The van der Waals surface area contributed by atoms with E-state index in [1.165, 1.54) is 10.9 Å². The van der Waals surface area contributed by atoms with E-state index in [1.54, 1.807) is 0 Å². The van der Waals surface area contributed by atoms with Gasteiger partial charge in [-0.05, 0) is 6.42 Å². The zero-order valence-corrected chi connectivity index (χ0v) is 15.6. The lowest BCUT2D eigenvalue weighted by atomic mass is 9.87. The Morgan fingerprint density at radius 1 is 1.59 bits per heavy atom. The Hall–Kier alpha value is -1.82. The minimum atomic E-state index is -4.27. The molecule has 4 N–H and O–H groups in total. The van der Waals surface area contributed by atoms with Crippen molar-refractivity contribution in [2.24, 2.45) is 0 Å². The van der Waals surface area contributed by atoms with Crippen LogP contribution in [0.2, 0.25) is 0 Å². The summed E-state index contributed by atoms with van der Waals surface area (Å²) < 4.78 is 35.6. The lowest BCUT2D eigenvalue weighted by Crippen LogP contribution is -2.49. The molecule has 2 aromatic rings. The van der Waals surface area contributed by atoms with Gasteiger partial charge >= 0.3 is 7.82 Å². The molecule has 0 amide bonds. The van der Waals surface area contributed by atoms with E-state index in [2.05, 4.69) is 19.5 Å². The molecule has 4 rings (SSSR count). The van der Waals surface area contributed by atoms with Crippen LogP contribution >= 0.6 is 7.82 Å². The fourth-order valence-corrected chi connectivity index (χ4v) is 4.40. The van der Waals surface area contributed by atoms with E-state index in [-0.39, 0.29) is 17.1 Å². The third-order valence-corrected chi connectivity index (χ3v) is 6.04. The van der Waals surface area contributed by atoms with Gasteiger partial charge in [-0.25, -0.2) is 9.55 Å². The second-order valence-electron chi connectivity index (χ2n) is 6.46. The van der Waals surface area contributed by atoms with Gasteiger partial charge in [0, 0.05) is 13.5 Å². The zero-order chi connectivity index (χ0) is 19.4. The molecule has 0 saturated carbocycles. The molecule has 0 radical (unpaired) electrons. The summed E-state index contributed by atoms with van der Waals surface area (Å²) in [4.78, 5) is 32.4. The highest BCUT2D eigenvalue weighted by atomic mass is 31.2. The highest BCUT2D eigenvalue weighted by Gasteiger charge is 2.60. The average Bonchev–Trinajstić information content (AvgIpc) is 3.09. The van der Waals surface area contributed by atoms with Crippen molar-refractivity contribution in [1.29, 1.82) is 0 Å². The maximum Gasteiger partial charge on any atom is 0.472 e. The quantitative estimate of drug-likeness (QED) is 0.594. The standard InChI is InChI=1S/C14H20N5O7P/c1-3-14-4-5-24-8(9(14)26-27(21,22)23-2)12(25-14)19-6-16-7-10(19)17-13(15)18-11(7)20/h6,8-9,12H,3-5H2,1-2H3,(H,21,22)(H3,15,17,18,20)/t8?,9?,12-,14+/m1/s1. The number of anilines is 1. The predicted octanol–water partition coefficient (Wildman–Crippen LogP) is 0.300. The summed E-state index contributed by atoms with van der Waals surface area (Å²) in [6.07, 6.45) is 0.0285. The molecule has 2 fully saturated rings. The number of rotatable bonds is 5. The van der Waals surface area contributed by atoms with Crippen molar-refractivity contribution < 1.29 is 28.0 Å². The molecule has 2 aromatic heterocycles. The summed E-state index contributed by atoms with van der Waals surface area (Å²) in [5.74, 6) is -0.0617. The van der Waals surface area contributed by atoms with Crippen LogP contribution in [0, 0.1) is 0 Å². The van der Waals surface area contributed by atoms with Crippen molar-refractivity contribution in [2.45, 2.75) is 43.8 Å². The number of nitrogens with one attached hydrogen (secondary N) is 1. The average molecular weight is 401 g/mol. The topological polar surface area (TPSA) is 164 Å². The van der Waals surface area contributed by atoms with Crippen LogP contribution in [0.1, 0.15) is 26.0 Å². The highest BCUT2D eigenvalue weighted by molar-refractivity contribution is 7.47. The molecule has 4 heterocycles. The summed E-state index contributed by atoms with van der Waals surface area (Å²) in [6, 6.07) is 0. The minimum Gasteiger partial charge on any atom is -0.371 e. The second kappa shape index (κ2) is 6.36. The molecular weight excluding hydrogens is 381 g/mol. The number of imidazole rings is 1. The van der Waals surface area contributed by atoms with Crippen LogP contribution < -0.4 is 11.3 Å². The van der Waals surface area contributed by atoms with Crippen molar-refractivity contribution in [3.63, 3.8) is 0 Å². The zero-order valence-electron chi connectivity index (χ0n) is 14.7. The number of hydrogen-bond acceptors (Lipinski definition) is 9. The van der Waals surface area contributed by atoms with Crippen molar-refractivity contribution in [1.82, 2.24) is 19.5 Å². The van der Waals surface area contributed by atoms with Crippen LogP contribution in [-0.4, -0.2) is 55.9 Å². The first-order chi connectivity index (χ1) is 12.8. The number of aromatic nitrogens is 4. The normalized spacial score (nSPS) is 32.6. The van der Waals surface area contributed by atoms with Gasteiger partial charge in [0.15, 0.2) is 17.4 Å². The SMILES string of the molecule is CC[C@]12CCOC(C1OP(=O)(O)OC)[C@H](n1cnc3c(=O)[nH]c(N)nc31)O2. The molecular formula is C14H20N5O7P. The van der Waals surface area contributed by atoms with Crippen molar-refractivity contribution in [2.75, 3.05) is 19.5 Å². The lowest BCUT2D eigenvalue weighted by Gasteiger charge is -2.37. The van der Waals surface area contributed by atoms with Gasteiger partial charge < -0.3 is 20.1 Å². The van der Waals surface area contributed by atoms with Crippen LogP contribution in [-0.2, 0) is 23.1 Å². The van der Waals surface area contributed by atoms with Gasteiger partial charge in [0.05, 0.1) is 12.9 Å². The molecule has 0 spiro atoms. The van der Waals surface area contributed by atoms with Crippen molar-refractivity contribution >= 4 is 24.9 Å². The number of nitrogen functional groups attached to an aromatic ring is 1. The Bertz CT molecular complexity index is 976. The van der Waals surface area contributed by atoms with Gasteiger partial charge in [-0.3, -0.25) is 23.4 Å². The van der Waals surface area contributed by atoms with Crippen molar-refractivity contribution in [3.05, 3.63) is 16.7 Å². The molecule has 3 unspecified atom stereocenters. The van der Waals surface area contributed by atoms with E-state index in [0.29, 0.717) is 19.4 Å². The first-order valence-corrected chi connectivity index (χ1v) is 9.88. The molecule has 2 saturated heterocycles. The van der Waals surface area contributed by atoms with E-state index in [1.807, 2.05) is 6.92 Å². The van der Waals surface area contributed by atoms with Crippen LogP contribution in [0.4, 0.5) is 5.95 Å². The van der Waals surface area contributed by atoms with Gasteiger partial charge in [0.2, 0.25) is 5.95 Å². The van der Waals surface area contributed by atoms with Crippen molar-refractivity contribution in [3.8, 4) is 0 Å². The predicted molar refractivity (Wildman–Crippen MR) is 91.8 cm³/mol. The summed E-state index contributed by atoms with van der Waals surface area (Å²) in [5, 5.41) is 0. The molecule has 0 aliphatic carbocycles. The number of H-pyrrole nitrogens is 1. The van der Waals surface area contributed by atoms with E-state index in [4.69, 9.17) is 19.7 Å². The first-order valence-electron chi connectivity index (χ1n) is 8.39. The number of aromatic amines is 1. The molecule has 13 heteroatoms. The molecule has 5 atom stereocenters. The van der Waals surface area contributed by atoms with E-state index in [0.717, 1.165) is 7.11 Å². The molecule has 2 bridgehead atoms. The molecule has 148 valence electrons. The number of phosphoric acid groups is 1. The summed E-state index contributed by atoms with van der Waals surface area (Å²) in [7, 11) is -3.19. The number of fused-ring (bicyclic) bond motifs is 3. The number of hydrogen-bond donors (Lipinski definition) is 3. The number of nitrogens with zero attached hydrogens (tertiary/aromatic N) is 3. The number of ether oxygens (including phenoxy) is 2. The van der Waals surface area contributed by atoms with Gasteiger partial charge in [0.1, 0.15) is 17.8 Å². The van der Waals surface area contributed by atoms with Gasteiger partial charge in [-0.2, -0.15) is 4.98 Å². The Morgan fingerprint density at radius 2 is 2.37 bits per heavy atom. The number of phosphoric ester groups is 1. The smallest absolute Gasteiger partial charge is 0.371 e.